The van der Waals surface area contributed by atoms with Crippen LogP contribution in [0.4, 0.5) is 0 Å². The highest BCUT2D eigenvalue weighted by Crippen LogP contribution is 1.97. The van der Waals surface area contributed by atoms with Crippen LogP contribution in [0.5, 0.6) is 0 Å². The van der Waals surface area contributed by atoms with Crippen molar-refractivity contribution in [2.24, 2.45) is 0 Å². The maximum Gasteiger partial charge on any atom is 0.147 e. The van der Waals surface area contributed by atoms with Gasteiger partial charge in [0.05, 0.1) is 6.10 Å². The minimum Gasteiger partial charge on any atom is -0.393 e. The number of hydrogen-bond donors (Lipinski definition) is 1. The summed E-state index contributed by atoms with van der Waals surface area (Å²) in [6, 6.07) is 0. The lowest BCUT2D eigenvalue weighted by molar-refractivity contribution is 0.184. The second-order valence-corrected chi connectivity index (χ2v) is 4.88. The largest absolute Gasteiger partial charge is 0.393 e. The van der Waals surface area contributed by atoms with E-state index in [0.29, 0.717) is 12.8 Å². The summed E-state index contributed by atoms with van der Waals surface area (Å²) in [6.07, 6.45) is 1.93. The Bertz CT molecular complexity index is 169. The van der Waals surface area contributed by atoms with Crippen LogP contribution >= 0.6 is 0 Å². The van der Waals surface area contributed by atoms with Gasteiger partial charge in [-0.05, 0) is 19.8 Å². The summed E-state index contributed by atoms with van der Waals surface area (Å²) in [6.45, 7) is 1.66. The van der Waals surface area contributed by atoms with Gasteiger partial charge in [0.1, 0.15) is 9.84 Å². The predicted octanol–water partition coefficient (Wildman–Crippen LogP) is 0.192. The molecular formula is C6H14O3S. The van der Waals surface area contributed by atoms with Gasteiger partial charge in [-0.2, -0.15) is 0 Å². The lowest BCUT2D eigenvalue weighted by Crippen LogP contribution is -2.06. The third kappa shape index (κ3) is 7.91. The van der Waals surface area contributed by atoms with Gasteiger partial charge in [0.2, 0.25) is 0 Å². The van der Waals surface area contributed by atoms with Crippen LogP contribution in [0.2, 0.25) is 0 Å². The number of aliphatic hydroxyl groups excluding tert-OH is 1. The van der Waals surface area contributed by atoms with E-state index in [-0.39, 0.29) is 11.9 Å². The van der Waals surface area contributed by atoms with Crippen molar-refractivity contribution in [3.63, 3.8) is 0 Å². The highest BCUT2D eigenvalue weighted by Gasteiger charge is 2.02. The number of aliphatic hydroxyl groups is 1. The molecule has 10 heavy (non-hydrogen) atoms. The molecule has 0 aromatic carbocycles. The van der Waals surface area contributed by atoms with Gasteiger partial charge in [0, 0.05) is 12.0 Å². The van der Waals surface area contributed by atoms with Crippen molar-refractivity contribution in [1.29, 1.82) is 0 Å². The average Bonchev–Trinajstić information content (AvgIpc) is 1.59. The number of hydrogen-bond acceptors (Lipinski definition) is 3. The summed E-state index contributed by atoms with van der Waals surface area (Å²) in [5.74, 6) is 0.178. The molecule has 3 nitrogen and oxygen atoms in total. The highest BCUT2D eigenvalue weighted by molar-refractivity contribution is 7.90. The summed E-state index contributed by atoms with van der Waals surface area (Å²) in [5.41, 5.74) is 0. The predicted molar refractivity (Wildman–Crippen MR) is 40.6 cm³/mol. The lowest BCUT2D eigenvalue weighted by Gasteiger charge is -2.01. The first-order valence-corrected chi connectivity index (χ1v) is 5.33. The quantitative estimate of drug-likeness (QED) is 0.648. The van der Waals surface area contributed by atoms with E-state index in [1.807, 2.05) is 0 Å². The number of rotatable bonds is 4. The van der Waals surface area contributed by atoms with Crippen LogP contribution in [0.3, 0.4) is 0 Å². The maximum atomic E-state index is 10.5. The van der Waals surface area contributed by atoms with E-state index in [0.717, 1.165) is 0 Å². The van der Waals surface area contributed by atoms with Gasteiger partial charge in [-0.1, -0.05) is 0 Å². The zero-order chi connectivity index (χ0) is 8.20. The smallest absolute Gasteiger partial charge is 0.147 e. The van der Waals surface area contributed by atoms with Crippen molar-refractivity contribution < 1.29 is 13.5 Å². The first-order valence-electron chi connectivity index (χ1n) is 3.27. The first kappa shape index (κ1) is 9.91. The normalized spacial score (nSPS) is 15.1. The van der Waals surface area contributed by atoms with Gasteiger partial charge in [0.15, 0.2) is 0 Å². The van der Waals surface area contributed by atoms with Crippen LogP contribution in [0.15, 0.2) is 0 Å². The van der Waals surface area contributed by atoms with Crippen molar-refractivity contribution in [3.8, 4) is 0 Å². The molecule has 0 radical (unpaired) electrons. The Morgan fingerprint density at radius 2 is 2.00 bits per heavy atom. The molecule has 1 atom stereocenters. The molecule has 0 rings (SSSR count). The maximum absolute atomic E-state index is 10.5. The van der Waals surface area contributed by atoms with Crippen LogP contribution in [-0.2, 0) is 9.84 Å². The Morgan fingerprint density at radius 1 is 1.50 bits per heavy atom. The standard InChI is InChI=1S/C6H14O3S/c1-6(7)4-3-5-10(2,8)9/h6-7H,3-5H2,1-2H3. The van der Waals surface area contributed by atoms with Gasteiger partial charge in [-0.25, -0.2) is 8.42 Å². The van der Waals surface area contributed by atoms with Crippen LogP contribution in [0, 0.1) is 0 Å². The monoisotopic (exact) mass is 166 g/mol. The highest BCUT2D eigenvalue weighted by atomic mass is 32.2. The second kappa shape index (κ2) is 3.93. The van der Waals surface area contributed by atoms with Gasteiger partial charge in [-0.15, -0.1) is 0 Å². The van der Waals surface area contributed by atoms with E-state index >= 15 is 0 Å². The van der Waals surface area contributed by atoms with E-state index in [1.54, 1.807) is 6.92 Å². The Morgan fingerprint density at radius 3 is 2.30 bits per heavy atom. The van der Waals surface area contributed by atoms with Crippen LogP contribution < -0.4 is 0 Å². The van der Waals surface area contributed by atoms with E-state index < -0.39 is 9.84 Å². The Balaban J connectivity index is 3.39. The van der Waals surface area contributed by atoms with Crippen LogP contribution in [0.25, 0.3) is 0 Å². The molecule has 0 saturated carbocycles. The molecular weight excluding hydrogens is 152 g/mol. The molecule has 0 aromatic rings. The molecule has 4 heteroatoms. The summed E-state index contributed by atoms with van der Waals surface area (Å²) >= 11 is 0. The minimum atomic E-state index is -2.83. The van der Waals surface area contributed by atoms with E-state index in [2.05, 4.69) is 0 Å². The van der Waals surface area contributed by atoms with Crippen LogP contribution in [-0.4, -0.2) is 31.6 Å². The van der Waals surface area contributed by atoms with Crippen molar-refractivity contribution in [2.45, 2.75) is 25.9 Å². The molecule has 0 fully saturated rings. The lowest BCUT2D eigenvalue weighted by atomic mass is 10.2. The van der Waals surface area contributed by atoms with E-state index in [9.17, 15) is 8.42 Å². The van der Waals surface area contributed by atoms with Crippen molar-refractivity contribution >= 4 is 9.84 Å². The van der Waals surface area contributed by atoms with E-state index in [4.69, 9.17) is 5.11 Å². The Kier molecular flexibility index (Phi) is 3.89. The van der Waals surface area contributed by atoms with Gasteiger partial charge in [0.25, 0.3) is 0 Å². The molecule has 1 N–H and O–H groups in total. The second-order valence-electron chi connectivity index (χ2n) is 2.62. The molecule has 0 saturated heterocycles. The summed E-state index contributed by atoms with van der Waals surface area (Å²) in [4.78, 5) is 0. The molecule has 0 aliphatic carbocycles. The third-order valence-electron chi connectivity index (χ3n) is 1.14. The number of sulfone groups is 1. The third-order valence-corrected chi connectivity index (χ3v) is 2.17. The Labute approximate surface area is 62.0 Å². The molecule has 0 aliphatic rings. The fourth-order valence-electron chi connectivity index (χ4n) is 0.641. The SMILES string of the molecule is CC(O)CCCS(C)(=O)=O. The zero-order valence-corrected chi connectivity index (χ0v) is 7.19. The van der Waals surface area contributed by atoms with Crippen molar-refractivity contribution in [2.75, 3.05) is 12.0 Å². The van der Waals surface area contributed by atoms with Crippen molar-refractivity contribution in [3.05, 3.63) is 0 Å². The first-order chi connectivity index (χ1) is 4.42. The average molecular weight is 166 g/mol. The molecule has 0 amide bonds. The van der Waals surface area contributed by atoms with Gasteiger partial charge < -0.3 is 5.11 Å². The molecule has 62 valence electrons. The summed E-state index contributed by atoms with van der Waals surface area (Å²) in [7, 11) is -2.83. The zero-order valence-electron chi connectivity index (χ0n) is 6.37. The molecule has 0 bridgehead atoms. The van der Waals surface area contributed by atoms with E-state index in [1.165, 1.54) is 6.26 Å². The molecule has 0 aromatic heterocycles. The fourth-order valence-corrected chi connectivity index (χ4v) is 1.33. The summed E-state index contributed by atoms with van der Waals surface area (Å²) in [5, 5.41) is 8.75. The molecule has 0 heterocycles. The topological polar surface area (TPSA) is 54.4 Å². The van der Waals surface area contributed by atoms with Crippen molar-refractivity contribution in [1.82, 2.24) is 0 Å². The van der Waals surface area contributed by atoms with Gasteiger partial charge in [-0.3, -0.25) is 0 Å². The summed E-state index contributed by atoms with van der Waals surface area (Å²) < 4.78 is 21.1. The Hall–Kier alpha value is -0.0900. The molecule has 0 aliphatic heterocycles. The molecule has 0 spiro atoms. The molecule has 1 unspecified atom stereocenters. The van der Waals surface area contributed by atoms with Crippen LogP contribution in [0.1, 0.15) is 19.8 Å². The van der Waals surface area contributed by atoms with Gasteiger partial charge >= 0.3 is 0 Å². The minimum absolute atomic E-state index is 0.178. The fraction of sp³-hybridized carbons (Fsp3) is 1.00.